The highest BCUT2D eigenvalue weighted by Gasteiger charge is 2.35. The van der Waals surface area contributed by atoms with Crippen LogP contribution in [0.3, 0.4) is 0 Å². The number of benzene rings is 1. The fourth-order valence-electron chi connectivity index (χ4n) is 2.67. The third-order valence-electron chi connectivity index (χ3n) is 4.03. The lowest BCUT2D eigenvalue weighted by molar-refractivity contribution is -0.0159. The third kappa shape index (κ3) is 3.01. The van der Waals surface area contributed by atoms with Crippen LogP contribution in [0.5, 0.6) is 11.5 Å². The zero-order valence-corrected chi connectivity index (χ0v) is 11.9. The molecule has 0 aromatic heterocycles. The van der Waals surface area contributed by atoms with Gasteiger partial charge in [0.05, 0.1) is 19.8 Å². The van der Waals surface area contributed by atoms with Crippen molar-refractivity contribution in [3.8, 4) is 11.5 Å². The van der Waals surface area contributed by atoms with Gasteiger partial charge in [0, 0.05) is 18.5 Å². The van der Waals surface area contributed by atoms with Gasteiger partial charge in [-0.3, -0.25) is 0 Å². The second kappa shape index (κ2) is 5.80. The zero-order valence-electron chi connectivity index (χ0n) is 11.9. The first-order valence-electron chi connectivity index (χ1n) is 6.74. The molecule has 1 aromatic carbocycles. The van der Waals surface area contributed by atoms with Gasteiger partial charge in [0.2, 0.25) is 0 Å². The van der Waals surface area contributed by atoms with Gasteiger partial charge in [-0.15, -0.1) is 0 Å². The molecular formula is C15H23NO3. The molecule has 0 saturated carbocycles. The molecule has 0 aliphatic carbocycles. The van der Waals surface area contributed by atoms with E-state index in [-0.39, 0.29) is 5.92 Å². The first-order valence-corrected chi connectivity index (χ1v) is 6.74. The molecule has 0 radical (unpaired) electrons. The van der Waals surface area contributed by atoms with Gasteiger partial charge in [-0.25, -0.2) is 0 Å². The van der Waals surface area contributed by atoms with Crippen molar-refractivity contribution < 1.29 is 14.6 Å². The number of methoxy groups -OCH3 is 2. The number of ether oxygens (including phenoxy) is 2. The van der Waals surface area contributed by atoms with Gasteiger partial charge in [0.1, 0.15) is 11.5 Å². The smallest absolute Gasteiger partial charge is 0.122 e. The van der Waals surface area contributed by atoms with Crippen LogP contribution in [-0.2, 0) is 5.60 Å². The number of hydrogen-bond acceptors (Lipinski definition) is 4. The summed E-state index contributed by atoms with van der Waals surface area (Å²) >= 11 is 0. The van der Waals surface area contributed by atoms with Crippen LogP contribution in [0.25, 0.3) is 0 Å². The molecule has 1 aliphatic rings. The van der Waals surface area contributed by atoms with Gasteiger partial charge in [-0.1, -0.05) is 0 Å². The van der Waals surface area contributed by atoms with E-state index in [0.717, 1.165) is 31.5 Å². The van der Waals surface area contributed by atoms with E-state index in [1.165, 1.54) is 0 Å². The molecule has 1 heterocycles. The topological polar surface area (TPSA) is 50.7 Å². The molecule has 19 heavy (non-hydrogen) atoms. The van der Waals surface area contributed by atoms with Gasteiger partial charge >= 0.3 is 0 Å². The quantitative estimate of drug-likeness (QED) is 0.873. The Morgan fingerprint density at radius 2 is 1.84 bits per heavy atom. The first-order chi connectivity index (χ1) is 9.07. The summed E-state index contributed by atoms with van der Waals surface area (Å²) in [5.41, 5.74) is -0.0349. The fraction of sp³-hybridized carbons (Fsp3) is 0.600. The van der Waals surface area contributed by atoms with Gasteiger partial charge < -0.3 is 19.9 Å². The van der Waals surface area contributed by atoms with Gasteiger partial charge in [-0.2, -0.15) is 0 Å². The molecule has 4 heteroatoms. The van der Waals surface area contributed by atoms with Gasteiger partial charge in [0.15, 0.2) is 0 Å². The molecule has 0 spiro atoms. The number of piperidine rings is 1. The highest BCUT2D eigenvalue weighted by Crippen LogP contribution is 2.37. The van der Waals surface area contributed by atoms with Crippen LogP contribution < -0.4 is 14.8 Å². The summed E-state index contributed by atoms with van der Waals surface area (Å²) in [5.74, 6) is 1.62. The molecule has 106 valence electrons. The summed E-state index contributed by atoms with van der Waals surface area (Å²) in [6.45, 7) is 3.75. The summed E-state index contributed by atoms with van der Waals surface area (Å²) in [6, 6.07) is 5.59. The van der Waals surface area contributed by atoms with Crippen molar-refractivity contribution in [1.29, 1.82) is 0 Å². The largest absolute Gasteiger partial charge is 0.497 e. The molecule has 1 fully saturated rings. The van der Waals surface area contributed by atoms with Crippen molar-refractivity contribution in [1.82, 2.24) is 5.32 Å². The normalized spacial score (nSPS) is 22.6. The van der Waals surface area contributed by atoms with Gasteiger partial charge in [-0.05, 0) is 44.0 Å². The van der Waals surface area contributed by atoms with E-state index in [4.69, 9.17) is 9.47 Å². The molecule has 1 saturated heterocycles. The Kier molecular flexibility index (Phi) is 4.32. The Balaban J connectivity index is 2.32. The Hall–Kier alpha value is -1.26. The highest BCUT2D eigenvalue weighted by atomic mass is 16.5. The molecule has 0 bridgehead atoms. The van der Waals surface area contributed by atoms with Crippen molar-refractivity contribution in [3.05, 3.63) is 23.8 Å². The molecule has 0 amide bonds. The van der Waals surface area contributed by atoms with Crippen LogP contribution in [0.1, 0.15) is 25.3 Å². The lowest BCUT2D eigenvalue weighted by Gasteiger charge is -2.36. The highest BCUT2D eigenvalue weighted by molar-refractivity contribution is 5.41. The third-order valence-corrected chi connectivity index (χ3v) is 4.03. The Bertz CT molecular complexity index is 403. The molecule has 2 atom stereocenters. The Labute approximate surface area is 114 Å². The van der Waals surface area contributed by atoms with E-state index in [1.54, 1.807) is 14.2 Å². The maximum Gasteiger partial charge on any atom is 0.122 e. The van der Waals surface area contributed by atoms with Crippen molar-refractivity contribution in [2.24, 2.45) is 5.92 Å². The Morgan fingerprint density at radius 1 is 1.21 bits per heavy atom. The van der Waals surface area contributed by atoms with Crippen LogP contribution in [0.15, 0.2) is 18.2 Å². The molecule has 2 rings (SSSR count). The van der Waals surface area contributed by atoms with E-state index >= 15 is 0 Å². The first kappa shape index (κ1) is 14.2. The summed E-state index contributed by atoms with van der Waals surface area (Å²) in [7, 11) is 3.24. The summed E-state index contributed by atoms with van der Waals surface area (Å²) in [5, 5.41) is 14.2. The SMILES string of the molecule is COc1cc(OC)cc(C(C)(O)C2CCCNC2)c1. The van der Waals surface area contributed by atoms with Crippen molar-refractivity contribution in [3.63, 3.8) is 0 Å². The predicted molar refractivity (Wildman–Crippen MR) is 74.7 cm³/mol. The van der Waals surface area contributed by atoms with Crippen LogP contribution in [0.2, 0.25) is 0 Å². The maximum absolute atomic E-state index is 10.9. The van der Waals surface area contributed by atoms with E-state index in [0.29, 0.717) is 11.5 Å². The monoisotopic (exact) mass is 265 g/mol. The fourth-order valence-corrected chi connectivity index (χ4v) is 2.67. The van der Waals surface area contributed by atoms with E-state index < -0.39 is 5.60 Å². The van der Waals surface area contributed by atoms with E-state index in [9.17, 15) is 5.11 Å². The minimum atomic E-state index is -0.880. The number of aliphatic hydroxyl groups is 1. The summed E-state index contributed by atoms with van der Waals surface area (Å²) in [6.07, 6.45) is 2.13. The number of nitrogens with one attached hydrogen (secondary N) is 1. The summed E-state index contributed by atoms with van der Waals surface area (Å²) < 4.78 is 10.5. The van der Waals surface area contributed by atoms with Crippen LogP contribution in [0.4, 0.5) is 0 Å². The molecule has 2 unspecified atom stereocenters. The van der Waals surface area contributed by atoms with Gasteiger partial charge in [0.25, 0.3) is 0 Å². The van der Waals surface area contributed by atoms with E-state index in [2.05, 4.69) is 5.32 Å². The van der Waals surface area contributed by atoms with Crippen LogP contribution >= 0.6 is 0 Å². The second-order valence-electron chi connectivity index (χ2n) is 5.29. The lowest BCUT2D eigenvalue weighted by atomic mass is 9.78. The minimum Gasteiger partial charge on any atom is -0.497 e. The molecule has 1 aliphatic heterocycles. The predicted octanol–water partition coefficient (Wildman–Crippen LogP) is 1.91. The number of rotatable bonds is 4. The standard InChI is InChI=1S/C15H23NO3/c1-15(17,11-5-4-6-16-10-11)12-7-13(18-2)9-14(8-12)19-3/h7-9,11,16-17H,4-6,10H2,1-3H3. The second-order valence-corrected chi connectivity index (χ2v) is 5.29. The van der Waals surface area contributed by atoms with Crippen LogP contribution in [-0.4, -0.2) is 32.4 Å². The molecule has 2 N–H and O–H groups in total. The molecule has 4 nitrogen and oxygen atoms in total. The number of hydrogen-bond donors (Lipinski definition) is 2. The maximum atomic E-state index is 10.9. The average molecular weight is 265 g/mol. The van der Waals surface area contributed by atoms with Crippen molar-refractivity contribution in [2.45, 2.75) is 25.4 Å². The molecule has 1 aromatic rings. The summed E-state index contributed by atoms with van der Waals surface area (Å²) in [4.78, 5) is 0. The zero-order chi connectivity index (χ0) is 13.9. The minimum absolute atomic E-state index is 0.207. The van der Waals surface area contributed by atoms with Crippen LogP contribution in [0, 0.1) is 5.92 Å². The molecular weight excluding hydrogens is 242 g/mol. The van der Waals surface area contributed by atoms with Crippen molar-refractivity contribution in [2.75, 3.05) is 27.3 Å². The van der Waals surface area contributed by atoms with E-state index in [1.807, 2.05) is 25.1 Å². The van der Waals surface area contributed by atoms with Crippen molar-refractivity contribution >= 4 is 0 Å². The lowest BCUT2D eigenvalue weighted by Crippen LogP contribution is -2.42. The average Bonchev–Trinajstić information content (AvgIpc) is 2.47. The Morgan fingerprint density at radius 3 is 2.32 bits per heavy atom.